The van der Waals surface area contributed by atoms with Crippen LogP contribution in [-0.4, -0.2) is 4.98 Å². The molecule has 4 nitrogen and oxygen atoms in total. The summed E-state index contributed by atoms with van der Waals surface area (Å²) in [6, 6.07) is 5.46. The van der Waals surface area contributed by atoms with E-state index < -0.39 is 0 Å². The number of anilines is 2. The zero-order valence-electron chi connectivity index (χ0n) is 9.53. The summed E-state index contributed by atoms with van der Waals surface area (Å²) >= 11 is 5.92. The second-order valence-electron chi connectivity index (χ2n) is 3.63. The molecule has 3 N–H and O–H groups in total. The van der Waals surface area contributed by atoms with Crippen molar-refractivity contribution < 1.29 is 4.42 Å². The lowest BCUT2D eigenvalue weighted by Gasteiger charge is -2.08. The summed E-state index contributed by atoms with van der Waals surface area (Å²) in [5, 5.41) is 3.68. The van der Waals surface area contributed by atoms with Gasteiger partial charge in [0.1, 0.15) is 5.76 Å². The molecular formula is C12H14ClN3O. The molecule has 0 saturated heterocycles. The molecule has 1 aromatic carbocycles. The minimum atomic E-state index is 0.491. The Morgan fingerprint density at radius 1 is 1.47 bits per heavy atom. The SMILES string of the molecule is CCc1cnc(CNc2cccc(Cl)c2N)o1. The maximum atomic E-state index is 5.92. The van der Waals surface area contributed by atoms with Crippen molar-refractivity contribution in [2.24, 2.45) is 0 Å². The number of aryl methyl sites for hydroxylation is 1. The lowest BCUT2D eigenvalue weighted by atomic mass is 10.2. The zero-order valence-corrected chi connectivity index (χ0v) is 10.3. The number of aromatic nitrogens is 1. The van der Waals surface area contributed by atoms with Crippen molar-refractivity contribution in [2.45, 2.75) is 19.9 Å². The number of hydrogen-bond donors (Lipinski definition) is 2. The zero-order chi connectivity index (χ0) is 12.3. The number of benzene rings is 1. The van der Waals surface area contributed by atoms with E-state index in [-0.39, 0.29) is 0 Å². The molecule has 0 bridgehead atoms. The highest BCUT2D eigenvalue weighted by Gasteiger charge is 2.05. The van der Waals surface area contributed by atoms with Crippen LogP contribution in [0.25, 0.3) is 0 Å². The van der Waals surface area contributed by atoms with Gasteiger partial charge in [-0.05, 0) is 12.1 Å². The Morgan fingerprint density at radius 3 is 3.00 bits per heavy atom. The van der Waals surface area contributed by atoms with Gasteiger partial charge in [0.15, 0.2) is 0 Å². The van der Waals surface area contributed by atoms with E-state index in [1.807, 2.05) is 19.1 Å². The summed E-state index contributed by atoms with van der Waals surface area (Å²) in [5.74, 6) is 1.52. The van der Waals surface area contributed by atoms with Gasteiger partial charge in [-0.25, -0.2) is 4.98 Å². The van der Waals surface area contributed by atoms with Crippen LogP contribution in [0.1, 0.15) is 18.6 Å². The Morgan fingerprint density at radius 2 is 2.29 bits per heavy atom. The van der Waals surface area contributed by atoms with Crippen molar-refractivity contribution in [3.63, 3.8) is 0 Å². The number of hydrogen-bond acceptors (Lipinski definition) is 4. The van der Waals surface area contributed by atoms with Crippen LogP contribution in [-0.2, 0) is 13.0 Å². The maximum absolute atomic E-state index is 5.92. The summed E-state index contributed by atoms with van der Waals surface area (Å²) < 4.78 is 5.48. The highest BCUT2D eigenvalue weighted by atomic mass is 35.5. The minimum Gasteiger partial charge on any atom is -0.444 e. The molecule has 2 rings (SSSR count). The fraction of sp³-hybridized carbons (Fsp3) is 0.250. The van der Waals surface area contributed by atoms with Crippen molar-refractivity contribution in [3.8, 4) is 0 Å². The first-order valence-electron chi connectivity index (χ1n) is 5.42. The van der Waals surface area contributed by atoms with Gasteiger partial charge in [-0.1, -0.05) is 24.6 Å². The average molecular weight is 252 g/mol. The number of para-hydroxylation sites is 1. The fourth-order valence-electron chi connectivity index (χ4n) is 1.46. The third-order valence-electron chi connectivity index (χ3n) is 2.43. The van der Waals surface area contributed by atoms with E-state index in [1.165, 1.54) is 0 Å². The number of nitrogens with one attached hydrogen (secondary N) is 1. The van der Waals surface area contributed by atoms with Crippen LogP contribution in [0.5, 0.6) is 0 Å². The van der Waals surface area contributed by atoms with Crippen LogP contribution < -0.4 is 11.1 Å². The molecule has 2 aromatic rings. The molecule has 1 heterocycles. The van der Waals surface area contributed by atoms with Gasteiger partial charge in [-0.3, -0.25) is 0 Å². The number of halogens is 1. The van der Waals surface area contributed by atoms with E-state index in [0.29, 0.717) is 23.1 Å². The molecule has 0 saturated carbocycles. The Balaban J connectivity index is 2.04. The molecule has 0 aliphatic carbocycles. The molecule has 17 heavy (non-hydrogen) atoms. The first-order valence-corrected chi connectivity index (χ1v) is 5.80. The Bertz CT molecular complexity index is 510. The minimum absolute atomic E-state index is 0.491. The summed E-state index contributed by atoms with van der Waals surface area (Å²) in [6.45, 7) is 2.51. The van der Waals surface area contributed by atoms with Crippen LogP contribution in [0.15, 0.2) is 28.8 Å². The highest BCUT2D eigenvalue weighted by Crippen LogP contribution is 2.26. The molecule has 0 radical (unpaired) electrons. The molecule has 0 spiro atoms. The van der Waals surface area contributed by atoms with Crippen LogP contribution in [0, 0.1) is 0 Å². The normalized spacial score (nSPS) is 10.5. The van der Waals surface area contributed by atoms with Crippen LogP contribution in [0.4, 0.5) is 11.4 Å². The standard InChI is InChI=1S/C12H14ClN3O/c1-2-8-6-16-11(17-8)7-15-10-5-3-4-9(13)12(10)14/h3-6,15H,2,7,14H2,1H3. The summed E-state index contributed by atoms with van der Waals surface area (Å²) in [5.41, 5.74) is 7.16. The Labute approximate surface area is 105 Å². The van der Waals surface area contributed by atoms with Gasteiger partial charge in [-0.2, -0.15) is 0 Å². The first-order chi connectivity index (χ1) is 8.20. The Kier molecular flexibility index (Phi) is 3.54. The molecule has 0 unspecified atom stereocenters. The third-order valence-corrected chi connectivity index (χ3v) is 2.76. The lowest BCUT2D eigenvalue weighted by molar-refractivity contribution is 0.466. The van der Waals surface area contributed by atoms with Crippen molar-refractivity contribution >= 4 is 23.0 Å². The van der Waals surface area contributed by atoms with Crippen molar-refractivity contribution in [2.75, 3.05) is 11.1 Å². The van der Waals surface area contributed by atoms with Gasteiger partial charge in [0.2, 0.25) is 5.89 Å². The van der Waals surface area contributed by atoms with Crippen LogP contribution in [0.2, 0.25) is 5.02 Å². The van der Waals surface area contributed by atoms with E-state index in [0.717, 1.165) is 17.9 Å². The fourth-order valence-corrected chi connectivity index (χ4v) is 1.63. The summed E-state index contributed by atoms with van der Waals surface area (Å²) in [6.07, 6.45) is 2.57. The molecule has 5 heteroatoms. The molecule has 0 amide bonds. The number of nitrogens with two attached hydrogens (primary N) is 1. The predicted molar refractivity (Wildman–Crippen MR) is 69.1 cm³/mol. The smallest absolute Gasteiger partial charge is 0.213 e. The topological polar surface area (TPSA) is 64.1 Å². The molecule has 0 aliphatic heterocycles. The lowest BCUT2D eigenvalue weighted by Crippen LogP contribution is -2.02. The van der Waals surface area contributed by atoms with Crippen molar-refractivity contribution in [1.29, 1.82) is 0 Å². The summed E-state index contributed by atoms with van der Waals surface area (Å²) in [4.78, 5) is 4.15. The van der Waals surface area contributed by atoms with E-state index in [4.69, 9.17) is 21.8 Å². The third kappa shape index (κ3) is 2.71. The largest absolute Gasteiger partial charge is 0.444 e. The van der Waals surface area contributed by atoms with Gasteiger partial charge < -0.3 is 15.5 Å². The van der Waals surface area contributed by atoms with Gasteiger partial charge in [0.25, 0.3) is 0 Å². The molecule has 0 fully saturated rings. The van der Waals surface area contributed by atoms with E-state index in [9.17, 15) is 0 Å². The number of nitrogen functional groups attached to an aromatic ring is 1. The number of rotatable bonds is 4. The number of oxazole rings is 1. The maximum Gasteiger partial charge on any atom is 0.213 e. The van der Waals surface area contributed by atoms with Crippen molar-refractivity contribution in [1.82, 2.24) is 4.98 Å². The molecular weight excluding hydrogens is 238 g/mol. The molecule has 90 valence electrons. The second kappa shape index (κ2) is 5.10. The highest BCUT2D eigenvalue weighted by molar-refractivity contribution is 6.33. The van der Waals surface area contributed by atoms with Gasteiger partial charge >= 0.3 is 0 Å². The molecule has 0 aliphatic rings. The van der Waals surface area contributed by atoms with E-state index in [2.05, 4.69) is 10.3 Å². The van der Waals surface area contributed by atoms with Gasteiger partial charge in [0.05, 0.1) is 29.1 Å². The van der Waals surface area contributed by atoms with Gasteiger partial charge in [0, 0.05) is 6.42 Å². The molecule has 0 atom stereocenters. The Hall–Kier alpha value is -1.68. The molecule has 1 aromatic heterocycles. The number of nitrogens with zero attached hydrogens (tertiary/aromatic N) is 1. The monoisotopic (exact) mass is 251 g/mol. The quantitative estimate of drug-likeness (QED) is 0.820. The van der Waals surface area contributed by atoms with Crippen LogP contribution >= 0.6 is 11.6 Å². The summed E-state index contributed by atoms with van der Waals surface area (Å²) in [7, 11) is 0. The van der Waals surface area contributed by atoms with E-state index in [1.54, 1.807) is 12.3 Å². The first kappa shape index (κ1) is 11.8. The second-order valence-corrected chi connectivity index (χ2v) is 4.04. The van der Waals surface area contributed by atoms with E-state index >= 15 is 0 Å². The average Bonchev–Trinajstić information content (AvgIpc) is 2.79. The predicted octanol–water partition coefficient (Wildman–Crippen LogP) is 3.08. The van der Waals surface area contributed by atoms with Crippen LogP contribution in [0.3, 0.4) is 0 Å². The van der Waals surface area contributed by atoms with Crippen molar-refractivity contribution in [3.05, 3.63) is 41.1 Å². The van der Waals surface area contributed by atoms with Gasteiger partial charge in [-0.15, -0.1) is 0 Å².